The van der Waals surface area contributed by atoms with Crippen molar-refractivity contribution < 1.29 is 18.3 Å². The Labute approximate surface area is 124 Å². The Balaban J connectivity index is 1.73. The number of esters is 1. The summed E-state index contributed by atoms with van der Waals surface area (Å²) in [4.78, 5) is 11.9. The zero-order valence-electron chi connectivity index (χ0n) is 10.8. The number of rotatable bonds is 3. The lowest BCUT2D eigenvalue weighted by molar-refractivity contribution is 0.0447. The molecule has 0 fully saturated rings. The van der Waals surface area contributed by atoms with Gasteiger partial charge in [-0.1, -0.05) is 29.8 Å². The molecule has 0 saturated heterocycles. The largest absolute Gasteiger partial charge is 0.457 e. The molecule has 0 saturated carbocycles. The van der Waals surface area contributed by atoms with E-state index in [1.54, 1.807) is 6.07 Å². The van der Waals surface area contributed by atoms with E-state index in [1.807, 2.05) is 24.3 Å². The number of furan rings is 1. The summed E-state index contributed by atoms with van der Waals surface area (Å²) in [7, 11) is 0. The van der Waals surface area contributed by atoms with E-state index >= 15 is 0 Å². The third-order valence-corrected chi connectivity index (χ3v) is 3.29. The van der Waals surface area contributed by atoms with Crippen LogP contribution in [0.25, 0.3) is 11.0 Å². The molecule has 0 N–H and O–H groups in total. The van der Waals surface area contributed by atoms with E-state index in [9.17, 15) is 9.18 Å². The quantitative estimate of drug-likeness (QED) is 0.665. The molecule has 1 aromatic heterocycles. The highest BCUT2D eigenvalue weighted by atomic mass is 35.5. The lowest BCUT2D eigenvalue weighted by Crippen LogP contribution is -2.05. The van der Waals surface area contributed by atoms with E-state index in [1.165, 1.54) is 6.07 Å². The maximum absolute atomic E-state index is 12.9. The molecule has 5 heteroatoms. The van der Waals surface area contributed by atoms with E-state index in [4.69, 9.17) is 20.8 Å². The normalized spacial score (nSPS) is 10.8. The van der Waals surface area contributed by atoms with E-state index in [0.29, 0.717) is 5.76 Å². The molecule has 0 aliphatic heterocycles. The molecule has 1 heterocycles. The third kappa shape index (κ3) is 2.90. The number of fused-ring (bicyclic) bond motifs is 1. The highest BCUT2D eigenvalue weighted by Gasteiger charge is 2.13. The summed E-state index contributed by atoms with van der Waals surface area (Å²) in [5.41, 5.74) is 0.845. The predicted octanol–water partition coefficient (Wildman–Crippen LogP) is 4.58. The van der Waals surface area contributed by atoms with Crippen molar-refractivity contribution in [2.45, 2.75) is 6.61 Å². The molecule has 0 unspecified atom stereocenters. The summed E-state index contributed by atoms with van der Waals surface area (Å²) >= 11 is 5.81. The molecule has 0 aliphatic carbocycles. The Kier molecular flexibility index (Phi) is 3.62. The first-order valence-corrected chi connectivity index (χ1v) is 6.61. The van der Waals surface area contributed by atoms with Gasteiger partial charge in [-0.25, -0.2) is 9.18 Å². The summed E-state index contributed by atoms with van der Waals surface area (Å²) in [6.45, 7) is -0.0127. The SMILES string of the molecule is O=C(OCc1cc2ccccc2o1)c1ccc(F)cc1Cl. The van der Waals surface area contributed by atoms with Gasteiger partial charge in [-0.3, -0.25) is 0 Å². The van der Waals surface area contributed by atoms with Crippen LogP contribution in [-0.2, 0) is 11.3 Å². The summed E-state index contributed by atoms with van der Waals surface area (Å²) in [6.07, 6.45) is 0. The zero-order chi connectivity index (χ0) is 14.8. The third-order valence-electron chi connectivity index (χ3n) is 2.97. The fraction of sp³-hybridized carbons (Fsp3) is 0.0625. The summed E-state index contributed by atoms with van der Waals surface area (Å²) in [6, 6.07) is 12.8. The molecule has 21 heavy (non-hydrogen) atoms. The molecule has 0 bridgehead atoms. The van der Waals surface area contributed by atoms with Crippen LogP contribution < -0.4 is 0 Å². The number of hydrogen-bond donors (Lipinski definition) is 0. The first-order chi connectivity index (χ1) is 10.1. The maximum Gasteiger partial charge on any atom is 0.340 e. The van der Waals surface area contributed by atoms with Gasteiger partial charge in [-0.2, -0.15) is 0 Å². The minimum Gasteiger partial charge on any atom is -0.457 e. The van der Waals surface area contributed by atoms with E-state index in [2.05, 4.69) is 0 Å². The number of para-hydroxylation sites is 1. The van der Waals surface area contributed by atoms with Gasteiger partial charge in [0.2, 0.25) is 0 Å². The first-order valence-electron chi connectivity index (χ1n) is 6.23. The molecule has 2 aromatic carbocycles. The number of hydrogen-bond acceptors (Lipinski definition) is 3. The van der Waals surface area contributed by atoms with Crippen LogP contribution in [0.1, 0.15) is 16.1 Å². The standard InChI is InChI=1S/C16H10ClFO3/c17-14-8-11(18)5-6-13(14)16(19)20-9-12-7-10-3-1-2-4-15(10)21-12/h1-8H,9H2. The Morgan fingerprint density at radius 3 is 2.76 bits per heavy atom. The van der Waals surface area contributed by atoms with Crippen LogP contribution in [0.2, 0.25) is 5.02 Å². The number of ether oxygens (including phenoxy) is 1. The summed E-state index contributed by atoms with van der Waals surface area (Å²) in [5, 5.41) is 0.952. The van der Waals surface area contributed by atoms with Crippen LogP contribution in [0, 0.1) is 5.82 Å². The van der Waals surface area contributed by atoms with Crippen molar-refractivity contribution >= 4 is 28.5 Å². The van der Waals surface area contributed by atoms with Crippen molar-refractivity contribution in [3.8, 4) is 0 Å². The van der Waals surface area contributed by atoms with Gasteiger partial charge in [0, 0.05) is 5.39 Å². The van der Waals surface area contributed by atoms with Gasteiger partial charge in [-0.15, -0.1) is 0 Å². The number of carbonyl (C=O) groups is 1. The lowest BCUT2D eigenvalue weighted by Gasteiger charge is -2.04. The van der Waals surface area contributed by atoms with Gasteiger partial charge < -0.3 is 9.15 Å². The molecule has 0 aliphatic rings. The molecule has 106 valence electrons. The van der Waals surface area contributed by atoms with Gasteiger partial charge in [0.15, 0.2) is 0 Å². The molecule has 0 spiro atoms. The average molecular weight is 305 g/mol. The van der Waals surface area contributed by atoms with E-state index < -0.39 is 11.8 Å². The smallest absolute Gasteiger partial charge is 0.340 e. The summed E-state index contributed by atoms with van der Waals surface area (Å²) in [5.74, 6) is -0.600. The zero-order valence-corrected chi connectivity index (χ0v) is 11.6. The monoisotopic (exact) mass is 304 g/mol. The first kappa shape index (κ1) is 13.6. The Morgan fingerprint density at radius 1 is 1.19 bits per heavy atom. The van der Waals surface area contributed by atoms with Crippen LogP contribution in [0.5, 0.6) is 0 Å². The molecule has 3 rings (SSSR count). The van der Waals surface area contributed by atoms with Crippen molar-refractivity contribution in [2.24, 2.45) is 0 Å². The molecular weight excluding hydrogens is 295 g/mol. The minimum absolute atomic E-state index is 0.0127. The Hall–Kier alpha value is -2.33. The fourth-order valence-corrected chi connectivity index (χ4v) is 2.22. The molecule has 0 amide bonds. The van der Waals surface area contributed by atoms with Gasteiger partial charge in [0.1, 0.15) is 23.8 Å². The van der Waals surface area contributed by atoms with Crippen LogP contribution in [-0.4, -0.2) is 5.97 Å². The fourth-order valence-electron chi connectivity index (χ4n) is 1.98. The maximum atomic E-state index is 12.9. The highest BCUT2D eigenvalue weighted by molar-refractivity contribution is 6.33. The van der Waals surface area contributed by atoms with Gasteiger partial charge in [0.25, 0.3) is 0 Å². The van der Waals surface area contributed by atoms with Crippen molar-refractivity contribution in [3.05, 3.63) is 70.7 Å². The second kappa shape index (κ2) is 5.58. The summed E-state index contributed by atoms with van der Waals surface area (Å²) < 4.78 is 23.6. The van der Waals surface area contributed by atoms with Crippen molar-refractivity contribution in [2.75, 3.05) is 0 Å². The van der Waals surface area contributed by atoms with Crippen molar-refractivity contribution in [1.29, 1.82) is 0 Å². The number of carbonyl (C=O) groups excluding carboxylic acids is 1. The van der Waals surface area contributed by atoms with E-state index in [0.717, 1.165) is 23.1 Å². The van der Waals surface area contributed by atoms with Crippen molar-refractivity contribution in [3.63, 3.8) is 0 Å². The van der Waals surface area contributed by atoms with Crippen LogP contribution in [0.3, 0.4) is 0 Å². The molecule has 3 nitrogen and oxygen atoms in total. The van der Waals surface area contributed by atoms with Crippen LogP contribution in [0.4, 0.5) is 4.39 Å². The second-order valence-corrected chi connectivity index (χ2v) is 4.86. The molecule has 0 atom stereocenters. The predicted molar refractivity (Wildman–Crippen MR) is 76.7 cm³/mol. The molecular formula is C16H10ClFO3. The number of halogens is 2. The Morgan fingerprint density at radius 2 is 2.00 bits per heavy atom. The second-order valence-electron chi connectivity index (χ2n) is 4.45. The van der Waals surface area contributed by atoms with Crippen LogP contribution >= 0.6 is 11.6 Å². The minimum atomic E-state index is -0.625. The highest BCUT2D eigenvalue weighted by Crippen LogP contribution is 2.21. The Bertz CT molecular complexity index is 777. The average Bonchev–Trinajstić information content (AvgIpc) is 2.87. The van der Waals surface area contributed by atoms with Gasteiger partial charge in [-0.05, 0) is 30.3 Å². The lowest BCUT2D eigenvalue weighted by atomic mass is 10.2. The molecule has 3 aromatic rings. The number of benzene rings is 2. The van der Waals surface area contributed by atoms with Crippen molar-refractivity contribution in [1.82, 2.24) is 0 Å². The molecule has 0 radical (unpaired) electrons. The topological polar surface area (TPSA) is 39.4 Å². The van der Waals surface area contributed by atoms with Crippen LogP contribution in [0.15, 0.2) is 52.9 Å². The van der Waals surface area contributed by atoms with Gasteiger partial charge >= 0.3 is 5.97 Å². The van der Waals surface area contributed by atoms with E-state index in [-0.39, 0.29) is 17.2 Å². The van der Waals surface area contributed by atoms with Gasteiger partial charge in [0.05, 0.1) is 10.6 Å².